The monoisotopic (exact) mass is 590 g/mol. The molecule has 0 unspecified atom stereocenters. The number of esters is 1. The van der Waals surface area contributed by atoms with Gasteiger partial charge < -0.3 is 29.1 Å². The minimum absolute atomic E-state index is 0.264. The average Bonchev–Trinajstić information content (AvgIpc) is 3.33. The molecule has 0 aliphatic carbocycles. The van der Waals surface area contributed by atoms with Crippen LogP contribution in [0.25, 0.3) is 0 Å². The van der Waals surface area contributed by atoms with Gasteiger partial charge in [-0.15, -0.1) is 0 Å². The minimum Gasteiger partial charge on any atom is -0.461 e. The van der Waals surface area contributed by atoms with Crippen LogP contribution in [0.2, 0.25) is 0 Å². The Morgan fingerprint density at radius 2 is 1.15 bits per heavy atom. The van der Waals surface area contributed by atoms with Crippen molar-refractivity contribution in [3.63, 3.8) is 0 Å². The molecule has 39 heavy (non-hydrogen) atoms. The van der Waals surface area contributed by atoms with E-state index in [4.69, 9.17) is 38.6 Å². The van der Waals surface area contributed by atoms with Crippen molar-refractivity contribution in [1.82, 2.24) is 19.6 Å². The summed E-state index contributed by atoms with van der Waals surface area (Å²) in [5.74, 6) is -0.361. The predicted molar refractivity (Wildman–Crippen MR) is 157 cm³/mol. The molecule has 2 amide bonds. The van der Waals surface area contributed by atoms with Crippen LogP contribution in [0.4, 0.5) is 9.59 Å². The number of amides is 2. The van der Waals surface area contributed by atoms with E-state index in [0.717, 1.165) is 0 Å². The molecule has 0 aromatic carbocycles. The van der Waals surface area contributed by atoms with Crippen molar-refractivity contribution in [3.05, 3.63) is 0 Å². The topological polar surface area (TPSA) is 112 Å². The Hall–Kier alpha value is -2.25. The summed E-state index contributed by atoms with van der Waals surface area (Å²) in [5.41, 5.74) is -1.13. The third kappa shape index (κ3) is 11.4. The van der Waals surface area contributed by atoms with E-state index in [1.165, 1.54) is 11.8 Å². The number of hydrogen-bond acceptors (Lipinski definition) is 9. The molecular weight excluding hydrogens is 544 g/mol. The van der Waals surface area contributed by atoms with Gasteiger partial charge in [0.2, 0.25) is 0 Å². The van der Waals surface area contributed by atoms with E-state index < -0.39 is 29.5 Å². The first-order valence-electron chi connectivity index (χ1n) is 12.9. The lowest BCUT2D eigenvalue weighted by Gasteiger charge is -2.30. The molecule has 0 spiro atoms. The molecule has 0 radical (unpaired) electrons. The lowest BCUT2D eigenvalue weighted by molar-refractivity contribution is -0.145. The van der Waals surface area contributed by atoms with Gasteiger partial charge in [-0.05, 0) is 41.5 Å². The summed E-state index contributed by atoms with van der Waals surface area (Å²) in [6.07, 6.45) is -0.788. The number of hydrogen-bond donors (Lipinski definition) is 1. The number of aliphatic hydroxyl groups excluding tert-OH is 1. The number of aliphatic hydroxyl groups is 1. The molecule has 4 atom stereocenters. The molecule has 224 valence electrons. The summed E-state index contributed by atoms with van der Waals surface area (Å²) in [6, 6.07) is -0.561. The van der Waals surface area contributed by atoms with Crippen molar-refractivity contribution in [2.75, 3.05) is 41.3 Å². The minimum atomic E-state index is -0.582. The van der Waals surface area contributed by atoms with Crippen molar-refractivity contribution < 1.29 is 33.7 Å². The lowest BCUT2D eigenvalue weighted by atomic mass is 10.2. The molecule has 2 heterocycles. The number of likely N-dealkylation sites (N-methyl/N-ethyl adjacent to an activating group) is 2. The smallest absolute Gasteiger partial charge is 0.411 e. The third-order valence-electron chi connectivity index (χ3n) is 5.58. The Bertz CT molecular complexity index is 915. The molecule has 2 saturated heterocycles. The summed E-state index contributed by atoms with van der Waals surface area (Å²) < 4.78 is 15.9. The lowest BCUT2D eigenvalue weighted by Crippen LogP contribution is -2.46. The molecular formula is C26H46N4O7S2. The average molecular weight is 591 g/mol. The highest BCUT2D eigenvalue weighted by Gasteiger charge is 2.42. The molecule has 0 aromatic rings. The normalized spacial score (nSPS) is 22.9. The molecule has 2 fully saturated rings. The van der Waals surface area contributed by atoms with E-state index in [1.54, 1.807) is 14.7 Å². The molecule has 13 heteroatoms. The Balaban J connectivity index is 0.000000395. The summed E-state index contributed by atoms with van der Waals surface area (Å²) in [4.78, 5) is 43.4. The van der Waals surface area contributed by atoms with Crippen LogP contribution in [0.15, 0.2) is 0 Å². The van der Waals surface area contributed by atoms with Crippen LogP contribution in [-0.4, -0.2) is 130 Å². The standard InChI is InChI=1S/C14H24N2O4S.C12H22N2O3S/c1-9(17)19-10-7-11(12(21)15(5)6)16(8-10)13(18)20-14(2,3)4;1-12(2,3)17-11(16)14-7-8(15)6-9(14)10(18)13(4)5/h10-11H,7-8H2,1-6H3;8-9,15H,6-7H2,1-5H3/t10-,11+;8-,9+/m11/s1. The van der Waals surface area contributed by atoms with Crippen LogP contribution < -0.4 is 0 Å². The first-order chi connectivity index (χ1) is 17.6. The fourth-order valence-electron chi connectivity index (χ4n) is 4.04. The van der Waals surface area contributed by atoms with Gasteiger partial charge in [-0.25, -0.2) is 9.59 Å². The van der Waals surface area contributed by atoms with Gasteiger partial charge in [0.15, 0.2) is 0 Å². The molecule has 0 saturated carbocycles. The molecule has 0 aromatic heterocycles. The number of likely N-dealkylation sites (tertiary alicyclic amines) is 2. The summed E-state index contributed by atoms with van der Waals surface area (Å²) in [7, 11) is 7.32. The maximum absolute atomic E-state index is 12.3. The fraction of sp³-hybridized carbons (Fsp3) is 0.808. The van der Waals surface area contributed by atoms with E-state index in [-0.39, 0.29) is 30.7 Å². The van der Waals surface area contributed by atoms with E-state index in [1.807, 2.05) is 69.7 Å². The van der Waals surface area contributed by atoms with Gasteiger partial charge in [0.05, 0.1) is 31.3 Å². The Morgan fingerprint density at radius 3 is 1.51 bits per heavy atom. The van der Waals surface area contributed by atoms with Gasteiger partial charge in [-0.2, -0.15) is 0 Å². The van der Waals surface area contributed by atoms with Crippen molar-refractivity contribution in [3.8, 4) is 0 Å². The molecule has 11 nitrogen and oxygen atoms in total. The van der Waals surface area contributed by atoms with Crippen LogP contribution in [0.1, 0.15) is 61.3 Å². The number of ether oxygens (including phenoxy) is 3. The van der Waals surface area contributed by atoms with Crippen LogP contribution in [0, 0.1) is 0 Å². The van der Waals surface area contributed by atoms with Crippen LogP contribution in [-0.2, 0) is 19.0 Å². The van der Waals surface area contributed by atoms with E-state index in [0.29, 0.717) is 29.4 Å². The zero-order valence-corrected chi connectivity index (χ0v) is 26.8. The van der Waals surface area contributed by atoms with Crippen LogP contribution in [0.3, 0.4) is 0 Å². The van der Waals surface area contributed by atoms with Crippen LogP contribution in [0.5, 0.6) is 0 Å². The highest BCUT2D eigenvalue weighted by atomic mass is 32.1. The largest absolute Gasteiger partial charge is 0.461 e. The molecule has 2 aliphatic rings. The van der Waals surface area contributed by atoms with Crippen molar-refractivity contribution >= 4 is 52.6 Å². The van der Waals surface area contributed by atoms with Crippen molar-refractivity contribution in [1.29, 1.82) is 0 Å². The third-order valence-corrected chi connectivity index (χ3v) is 6.86. The number of nitrogens with zero attached hydrogens (tertiary/aromatic N) is 4. The molecule has 1 N–H and O–H groups in total. The summed E-state index contributed by atoms with van der Waals surface area (Å²) in [5, 5.41) is 9.72. The number of carbonyl (C=O) groups is 3. The number of β-amino-alcohol motifs (C(OH)–C–C–N with tert-alkyl or cyclic N) is 1. The highest BCUT2D eigenvalue weighted by Crippen LogP contribution is 2.25. The van der Waals surface area contributed by atoms with Gasteiger partial charge in [0.1, 0.15) is 27.3 Å². The number of carbonyl (C=O) groups excluding carboxylic acids is 3. The first kappa shape index (κ1) is 34.8. The van der Waals surface area contributed by atoms with Crippen molar-refractivity contribution in [2.45, 2.75) is 96.8 Å². The van der Waals surface area contributed by atoms with E-state index >= 15 is 0 Å². The van der Waals surface area contributed by atoms with Crippen molar-refractivity contribution in [2.24, 2.45) is 0 Å². The quantitative estimate of drug-likeness (QED) is 0.297. The number of thiocarbonyl (C=S) groups is 2. The van der Waals surface area contributed by atoms with E-state index in [2.05, 4.69) is 0 Å². The van der Waals surface area contributed by atoms with E-state index in [9.17, 15) is 19.5 Å². The highest BCUT2D eigenvalue weighted by molar-refractivity contribution is 7.80. The van der Waals surface area contributed by atoms with Gasteiger partial charge in [0.25, 0.3) is 0 Å². The maximum atomic E-state index is 12.3. The maximum Gasteiger partial charge on any atom is 0.411 e. The first-order valence-corrected chi connectivity index (χ1v) is 13.7. The second kappa shape index (κ2) is 13.9. The molecule has 2 aliphatic heterocycles. The Morgan fingerprint density at radius 1 is 0.769 bits per heavy atom. The zero-order chi connectivity index (χ0) is 30.5. The van der Waals surface area contributed by atoms with Crippen LogP contribution >= 0.6 is 24.4 Å². The Labute approximate surface area is 243 Å². The Kier molecular flexibility index (Phi) is 12.4. The second-order valence-corrected chi connectivity index (χ2v) is 13.0. The zero-order valence-electron chi connectivity index (χ0n) is 25.1. The molecule has 2 rings (SSSR count). The summed E-state index contributed by atoms with van der Waals surface area (Å²) in [6.45, 7) is 12.8. The van der Waals surface area contributed by atoms with Gasteiger partial charge in [-0.3, -0.25) is 14.6 Å². The fourth-order valence-corrected chi connectivity index (χ4v) is 4.49. The predicted octanol–water partition coefficient (Wildman–Crippen LogP) is 3.06. The second-order valence-electron chi connectivity index (χ2n) is 12.1. The SMILES string of the molecule is CC(=O)O[C@@H]1C[C@@H](C(=S)N(C)C)N(C(=O)OC(C)(C)C)C1.CN(C)C(=S)[C@@H]1C[C@@H](O)CN1C(=O)OC(C)(C)C. The molecule has 0 bridgehead atoms. The van der Waals surface area contributed by atoms with Gasteiger partial charge >= 0.3 is 18.2 Å². The van der Waals surface area contributed by atoms with Gasteiger partial charge in [-0.1, -0.05) is 24.4 Å². The van der Waals surface area contributed by atoms with Gasteiger partial charge in [0, 0.05) is 48.0 Å². The number of rotatable bonds is 3. The summed E-state index contributed by atoms with van der Waals surface area (Å²) >= 11 is 10.7.